The summed E-state index contributed by atoms with van der Waals surface area (Å²) in [7, 11) is 1.71. The molecule has 2 rings (SSSR count). The van der Waals surface area contributed by atoms with Gasteiger partial charge in [-0.1, -0.05) is 6.92 Å². The number of nitrogens with two attached hydrogens (primary N) is 1. The van der Waals surface area contributed by atoms with Crippen molar-refractivity contribution in [2.24, 2.45) is 5.73 Å². The number of likely N-dealkylation sites (N-methyl/N-ethyl adjacent to an activating group) is 1. The van der Waals surface area contributed by atoms with Crippen LogP contribution in [0.2, 0.25) is 0 Å². The molecule has 0 radical (unpaired) electrons. The Bertz CT molecular complexity index is 460. The van der Waals surface area contributed by atoms with E-state index in [0.29, 0.717) is 0 Å². The summed E-state index contributed by atoms with van der Waals surface area (Å²) in [5.41, 5.74) is 7.68. The van der Waals surface area contributed by atoms with Crippen LogP contribution in [-0.2, 0) is 4.79 Å². The maximum absolute atomic E-state index is 12.1. The summed E-state index contributed by atoms with van der Waals surface area (Å²) in [4.78, 5) is 15.7. The SMILES string of the molecule is CCC(N)C(c1sccc1C)N1CCCC1C(=O)NC. The molecule has 112 valence electrons. The van der Waals surface area contributed by atoms with Crippen LogP contribution in [0.4, 0.5) is 0 Å². The molecule has 1 aliphatic heterocycles. The van der Waals surface area contributed by atoms with Crippen LogP contribution < -0.4 is 11.1 Å². The maximum atomic E-state index is 12.1. The average Bonchev–Trinajstić information content (AvgIpc) is 3.08. The number of hydrogen-bond donors (Lipinski definition) is 2. The molecule has 0 saturated carbocycles. The van der Waals surface area contributed by atoms with Crippen molar-refractivity contribution in [3.8, 4) is 0 Å². The number of amides is 1. The third-order valence-electron chi connectivity index (χ3n) is 4.25. The van der Waals surface area contributed by atoms with Gasteiger partial charge in [0.25, 0.3) is 0 Å². The van der Waals surface area contributed by atoms with Crippen LogP contribution in [0.3, 0.4) is 0 Å². The molecule has 3 N–H and O–H groups in total. The van der Waals surface area contributed by atoms with Crippen molar-refractivity contribution >= 4 is 17.2 Å². The van der Waals surface area contributed by atoms with E-state index in [9.17, 15) is 4.79 Å². The Hall–Kier alpha value is -0.910. The minimum Gasteiger partial charge on any atom is -0.358 e. The molecule has 2 heterocycles. The lowest BCUT2D eigenvalue weighted by Gasteiger charge is -2.35. The number of nitrogens with one attached hydrogen (secondary N) is 1. The Kier molecular flexibility index (Phi) is 5.18. The van der Waals surface area contributed by atoms with Gasteiger partial charge in [-0.3, -0.25) is 9.69 Å². The molecule has 0 bridgehead atoms. The third-order valence-corrected chi connectivity index (χ3v) is 5.34. The summed E-state index contributed by atoms with van der Waals surface area (Å²) >= 11 is 1.76. The van der Waals surface area contributed by atoms with Crippen LogP contribution in [0, 0.1) is 6.92 Å². The van der Waals surface area contributed by atoms with Gasteiger partial charge in [0.2, 0.25) is 5.91 Å². The van der Waals surface area contributed by atoms with Gasteiger partial charge < -0.3 is 11.1 Å². The summed E-state index contributed by atoms with van der Waals surface area (Å²) in [6.07, 6.45) is 2.91. The Morgan fingerprint density at radius 2 is 2.40 bits per heavy atom. The third kappa shape index (κ3) is 2.90. The van der Waals surface area contributed by atoms with Crippen LogP contribution in [0.5, 0.6) is 0 Å². The summed E-state index contributed by atoms with van der Waals surface area (Å²) in [6, 6.07) is 2.33. The standard InChI is InChI=1S/C15H25N3OS/c1-4-11(16)13(14-10(2)7-9-20-14)18-8-5-6-12(18)15(19)17-3/h7,9,11-13H,4-6,8,16H2,1-3H3,(H,17,19). The average molecular weight is 295 g/mol. The van der Waals surface area contributed by atoms with E-state index < -0.39 is 0 Å². The van der Waals surface area contributed by atoms with Gasteiger partial charge in [-0.2, -0.15) is 0 Å². The van der Waals surface area contributed by atoms with Crippen LogP contribution in [-0.4, -0.2) is 36.5 Å². The smallest absolute Gasteiger partial charge is 0.237 e. The molecular weight excluding hydrogens is 270 g/mol. The molecule has 1 aromatic heterocycles. The maximum Gasteiger partial charge on any atom is 0.237 e. The van der Waals surface area contributed by atoms with Gasteiger partial charge in [0.1, 0.15) is 0 Å². The minimum absolute atomic E-state index is 0.0379. The highest BCUT2D eigenvalue weighted by atomic mass is 32.1. The number of thiophene rings is 1. The first-order chi connectivity index (χ1) is 9.60. The Labute approximate surface area is 125 Å². The van der Waals surface area contributed by atoms with E-state index in [4.69, 9.17) is 5.73 Å². The summed E-state index contributed by atoms with van der Waals surface area (Å²) in [5.74, 6) is 0.116. The van der Waals surface area contributed by atoms with Crippen molar-refractivity contribution in [1.29, 1.82) is 0 Å². The van der Waals surface area contributed by atoms with Crippen LogP contribution >= 0.6 is 11.3 Å². The lowest BCUT2D eigenvalue weighted by atomic mass is 9.99. The highest BCUT2D eigenvalue weighted by Gasteiger charge is 2.38. The van der Waals surface area contributed by atoms with E-state index in [1.165, 1.54) is 10.4 Å². The second-order valence-electron chi connectivity index (χ2n) is 5.49. The fourth-order valence-electron chi connectivity index (χ4n) is 3.07. The van der Waals surface area contributed by atoms with E-state index in [1.54, 1.807) is 18.4 Å². The summed E-state index contributed by atoms with van der Waals surface area (Å²) < 4.78 is 0. The van der Waals surface area contributed by atoms with Crippen LogP contribution in [0.25, 0.3) is 0 Å². The quantitative estimate of drug-likeness (QED) is 0.874. The fraction of sp³-hybridized carbons (Fsp3) is 0.667. The first-order valence-electron chi connectivity index (χ1n) is 7.37. The van der Waals surface area contributed by atoms with Crippen molar-refractivity contribution in [2.45, 2.75) is 51.2 Å². The van der Waals surface area contributed by atoms with Gasteiger partial charge in [-0.05, 0) is 49.7 Å². The highest BCUT2D eigenvalue weighted by Crippen LogP contribution is 2.36. The number of nitrogens with zero attached hydrogens (tertiary/aromatic N) is 1. The number of aryl methyl sites for hydroxylation is 1. The van der Waals surface area contributed by atoms with E-state index in [0.717, 1.165) is 25.8 Å². The Balaban J connectivity index is 2.32. The predicted molar refractivity (Wildman–Crippen MR) is 83.9 cm³/mol. The molecule has 1 saturated heterocycles. The normalized spacial score (nSPS) is 22.7. The first kappa shape index (κ1) is 15.5. The van der Waals surface area contributed by atoms with Gasteiger partial charge in [-0.15, -0.1) is 11.3 Å². The topological polar surface area (TPSA) is 58.4 Å². The van der Waals surface area contributed by atoms with E-state index >= 15 is 0 Å². The number of rotatable bonds is 5. The highest BCUT2D eigenvalue weighted by molar-refractivity contribution is 7.10. The van der Waals surface area contributed by atoms with Gasteiger partial charge in [0, 0.05) is 18.0 Å². The largest absolute Gasteiger partial charge is 0.358 e. The molecule has 20 heavy (non-hydrogen) atoms. The Morgan fingerprint density at radius 3 is 2.95 bits per heavy atom. The van der Waals surface area contributed by atoms with Gasteiger partial charge >= 0.3 is 0 Å². The molecule has 3 unspecified atom stereocenters. The van der Waals surface area contributed by atoms with Crippen molar-refractivity contribution in [2.75, 3.05) is 13.6 Å². The van der Waals surface area contributed by atoms with E-state index in [1.807, 2.05) is 0 Å². The van der Waals surface area contributed by atoms with Crippen LogP contribution in [0.15, 0.2) is 11.4 Å². The molecule has 0 spiro atoms. The molecule has 0 aromatic carbocycles. The molecular formula is C15H25N3OS. The minimum atomic E-state index is -0.0379. The second kappa shape index (κ2) is 6.70. The van der Waals surface area contributed by atoms with Gasteiger partial charge in [0.05, 0.1) is 12.1 Å². The molecule has 1 aromatic rings. The molecule has 3 atom stereocenters. The van der Waals surface area contributed by atoms with E-state index in [-0.39, 0.29) is 24.0 Å². The van der Waals surface area contributed by atoms with Crippen molar-refractivity contribution in [3.63, 3.8) is 0 Å². The van der Waals surface area contributed by atoms with Crippen molar-refractivity contribution in [3.05, 3.63) is 21.9 Å². The second-order valence-corrected chi connectivity index (χ2v) is 6.44. The van der Waals surface area contributed by atoms with Crippen molar-refractivity contribution < 1.29 is 4.79 Å². The number of likely N-dealkylation sites (tertiary alicyclic amines) is 1. The summed E-state index contributed by atoms with van der Waals surface area (Å²) in [6.45, 7) is 5.20. The fourth-order valence-corrected chi connectivity index (χ4v) is 4.19. The first-order valence-corrected chi connectivity index (χ1v) is 8.25. The number of carbonyl (C=O) groups excluding carboxylic acids is 1. The molecule has 4 nitrogen and oxygen atoms in total. The lowest BCUT2D eigenvalue weighted by Crippen LogP contribution is -2.48. The molecule has 5 heteroatoms. The van der Waals surface area contributed by atoms with Crippen LogP contribution in [0.1, 0.15) is 42.7 Å². The number of hydrogen-bond acceptors (Lipinski definition) is 4. The number of carbonyl (C=O) groups is 1. The molecule has 1 amide bonds. The summed E-state index contributed by atoms with van der Waals surface area (Å²) in [5, 5.41) is 4.91. The zero-order valence-corrected chi connectivity index (χ0v) is 13.4. The van der Waals surface area contributed by atoms with E-state index in [2.05, 4.69) is 35.5 Å². The molecule has 1 fully saturated rings. The van der Waals surface area contributed by atoms with Gasteiger partial charge in [-0.25, -0.2) is 0 Å². The zero-order chi connectivity index (χ0) is 14.7. The monoisotopic (exact) mass is 295 g/mol. The lowest BCUT2D eigenvalue weighted by molar-refractivity contribution is -0.125. The molecule has 0 aliphatic carbocycles. The predicted octanol–water partition coefficient (Wildman–Crippen LogP) is 2.05. The molecule has 1 aliphatic rings. The van der Waals surface area contributed by atoms with Gasteiger partial charge in [0.15, 0.2) is 0 Å². The Morgan fingerprint density at radius 1 is 1.65 bits per heavy atom. The zero-order valence-electron chi connectivity index (χ0n) is 12.6. The van der Waals surface area contributed by atoms with Crippen molar-refractivity contribution in [1.82, 2.24) is 10.2 Å².